The molecule has 1 atom stereocenters. The predicted molar refractivity (Wildman–Crippen MR) is 120 cm³/mol. The molecule has 0 fully saturated rings. The van der Waals surface area contributed by atoms with E-state index in [4.69, 9.17) is 21.3 Å². The third-order valence-corrected chi connectivity index (χ3v) is 5.69. The molecular formula is C22H24ClN3O2S. The smallest absolute Gasteiger partial charge is 0.242 e. The van der Waals surface area contributed by atoms with E-state index in [0.29, 0.717) is 23.3 Å². The van der Waals surface area contributed by atoms with E-state index in [1.807, 2.05) is 41.5 Å². The first-order valence-electron chi connectivity index (χ1n) is 9.34. The average Bonchev–Trinajstić information content (AvgIpc) is 3.20. The fourth-order valence-electron chi connectivity index (χ4n) is 2.90. The van der Waals surface area contributed by atoms with Gasteiger partial charge in [0.25, 0.3) is 0 Å². The lowest BCUT2D eigenvalue weighted by Crippen LogP contribution is -2.44. The molecule has 0 aliphatic rings. The lowest BCUT2D eigenvalue weighted by molar-refractivity contribution is -0.122. The molecule has 0 radical (unpaired) electrons. The van der Waals surface area contributed by atoms with Crippen LogP contribution in [0.25, 0.3) is 11.3 Å². The molecule has 0 saturated carbocycles. The van der Waals surface area contributed by atoms with E-state index in [9.17, 15) is 4.79 Å². The summed E-state index contributed by atoms with van der Waals surface area (Å²) in [6, 6.07) is 15.2. The van der Waals surface area contributed by atoms with Gasteiger partial charge in [-0.2, -0.15) is 0 Å². The fourth-order valence-corrected chi connectivity index (χ4v) is 4.05. The number of carbonyl (C=O) groups excluding carboxylic acids is 1. The van der Waals surface area contributed by atoms with Crippen molar-refractivity contribution in [3.8, 4) is 11.3 Å². The highest BCUT2D eigenvalue weighted by molar-refractivity contribution is 7.14. The molecule has 7 heteroatoms. The Morgan fingerprint density at radius 2 is 1.97 bits per heavy atom. The number of hydrogen-bond acceptors (Lipinski definition) is 5. The molecular weight excluding hydrogens is 406 g/mol. The largest absolute Gasteiger partial charge is 0.383 e. The second kappa shape index (κ2) is 9.87. The monoisotopic (exact) mass is 429 g/mol. The molecule has 1 aromatic heterocycles. The van der Waals surface area contributed by atoms with Crippen LogP contribution in [-0.4, -0.2) is 37.2 Å². The normalized spacial score (nSPS) is 11.9. The summed E-state index contributed by atoms with van der Waals surface area (Å²) in [5, 5.41) is 6.17. The van der Waals surface area contributed by atoms with Crippen LogP contribution in [0.3, 0.4) is 0 Å². The maximum Gasteiger partial charge on any atom is 0.242 e. The molecule has 2 aromatic carbocycles. The van der Waals surface area contributed by atoms with Crippen LogP contribution in [0.4, 0.5) is 10.8 Å². The molecule has 0 unspecified atom stereocenters. The Bertz CT molecular complexity index is 959. The molecule has 3 rings (SSSR count). The molecule has 0 spiro atoms. The zero-order chi connectivity index (χ0) is 20.8. The molecule has 0 aliphatic carbocycles. The second-order valence-electron chi connectivity index (χ2n) is 6.66. The molecule has 1 N–H and O–H groups in total. The Kier molecular flexibility index (Phi) is 7.25. The van der Waals surface area contributed by atoms with E-state index in [0.717, 1.165) is 16.9 Å². The first kappa shape index (κ1) is 21.3. The summed E-state index contributed by atoms with van der Waals surface area (Å²) < 4.78 is 5.02. The van der Waals surface area contributed by atoms with Crippen LogP contribution in [0.5, 0.6) is 0 Å². The zero-order valence-electron chi connectivity index (χ0n) is 16.7. The molecule has 29 heavy (non-hydrogen) atoms. The molecule has 0 bridgehead atoms. The van der Waals surface area contributed by atoms with E-state index >= 15 is 0 Å². The maximum atomic E-state index is 12.8. The number of carbonyl (C=O) groups is 1. The summed E-state index contributed by atoms with van der Waals surface area (Å²) in [6.45, 7) is 4.81. The lowest BCUT2D eigenvalue weighted by Gasteiger charge is -2.28. The first-order chi connectivity index (χ1) is 14.0. The third-order valence-electron chi connectivity index (χ3n) is 4.53. The number of thiazole rings is 1. The Labute approximate surface area is 180 Å². The molecule has 5 nitrogen and oxygen atoms in total. The molecule has 1 amide bonds. The number of para-hydroxylation sites is 1. The van der Waals surface area contributed by atoms with Crippen LogP contribution >= 0.6 is 22.9 Å². The standard InChI is InChI=1S/C22H24ClN3O2S/c1-15-8-10-17(11-9-15)19-14-29-22(25-19)26(20-7-5-4-6-18(20)23)16(2)21(27)24-12-13-28-3/h4-11,14,16H,12-13H2,1-3H3,(H,24,27)/t16-/m0/s1. The lowest BCUT2D eigenvalue weighted by atomic mass is 10.1. The molecule has 0 aliphatic heterocycles. The van der Waals surface area contributed by atoms with Crippen molar-refractivity contribution in [2.24, 2.45) is 0 Å². The highest BCUT2D eigenvalue weighted by Crippen LogP contribution is 2.37. The number of ether oxygens (including phenoxy) is 1. The van der Waals surface area contributed by atoms with Crippen LogP contribution in [0.2, 0.25) is 5.02 Å². The van der Waals surface area contributed by atoms with E-state index < -0.39 is 6.04 Å². The van der Waals surface area contributed by atoms with Gasteiger partial charge in [0.1, 0.15) is 6.04 Å². The summed E-state index contributed by atoms with van der Waals surface area (Å²) in [7, 11) is 1.60. The minimum atomic E-state index is -0.497. The number of aryl methyl sites for hydroxylation is 1. The van der Waals surface area contributed by atoms with Crippen molar-refractivity contribution in [3.05, 3.63) is 64.5 Å². The number of halogens is 1. The SMILES string of the molecule is COCCNC(=O)[C@H](C)N(c1nc(-c2ccc(C)cc2)cs1)c1ccccc1Cl. The van der Waals surface area contributed by atoms with Gasteiger partial charge in [-0.05, 0) is 26.0 Å². The van der Waals surface area contributed by atoms with Gasteiger partial charge in [0.2, 0.25) is 5.91 Å². The molecule has 152 valence electrons. The summed E-state index contributed by atoms with van der Waals surface area (Å²) in [4.78, 5) is 19.4. The van der Waals surface area contributed by atoms with E-state index in [1.165, 1.54) is 16.9 Å². The Morgan fingerprint density at radius 3 is 2.66 bits per heavy atom. The van der Waals surface area contributed by atoms with Crippen molar-refractivity contribution in [2.75, 3.05) is 25.2 Å². The average molecular weight is 430 g/mol. The van der Waals surface area contributed by atoms with Crippen LogP contribution in [0.1, 0.15) is 12.5 Å². The molecule has 3 aromatic rings. The molecule has 0 saturated heterocycles. The van der Waals surface area contributed by atoms with E-state index in [1.54, 1.807) is 7.11 Å². The van der Waals surface area contributed by atoms with Gasteiger partial charge in [0.05, 0.1) is 23.0 Å². The highest BCUT2D eigenvalue weighted by Gasteiger charge is 2.27. The van der Waals surface area contributed by atoms with E-state index in [2.05, 4.69) is 36.5 Å². The predicted octanol–water partition coefficient (Wildman–Crippen LogP) is 5.06. The number of aromatic nitrogens is 1. The van der Waals surface area contributed by atoms with Crippen molar-refractivity contribution in [1.29, 1.82) is 0 Å². The van der Waals surface area contributed by atoms with Crippen molar-refractivity contribution in [1.82, 2.24) is 10.3 Å². The van der Waals surface area contributed by atoms with Gasteiger partial charge in [-0.3, -0.25) is 4.79 Å². The van der Waals surface area contributed by atoms with Crippen LogP contribution < -0.4 is 10.2 Å². The minimum Gasteiger partial charge on any atom is -0.383 e. The second-order valence-corrected chi connectivity index (χ2v) is 7.91. The fraction of sp³-hybridized carbons (Fsp3) is 0.273. The summed E-state index contributed by atoms with van der Waals surface area (Å²) >= 11 is 7.95. The van der Waals surface area contributed by atoms with Gasteiger partial charge in [0.15, 0.2) is 5.13 Å². The van der Waals surface area contributed by atoms with Gasteiger partial charge in [-0.25, -0.2) is 4.98 Å². The van der Waals surface area contributed by atoms with Gasteiger partial charge < -0.3 is 15.0 Å². The first-order valence-corrected chi connectivity index (χ1v) is 10.6. The summed E-state index contributed by atoms with van der Waals surface area (Å²) in [5.74, 6) is -0.117. The number of methoxy groups -OCH3 is 1. The number of anilines is 2. The number of benzene rings is 2. The Morgan fingerprint density at radius 1 is 1.24 bits per heavy atom. The summed E-state index contributed by atoms with van der Waals surface area (Å²) in [5.41, 5.74) is 3.85. The van der Waals surface area contributed by atoms with Crippen LogP contribution in [0, 0.1) is 6.92 Å². The van der Waals surface area contributed by atoms with Gasteiger partial charge in [-0.15, -0.1) is 11.3 Å². The number of rotatable bonds is 8. The number of nitrogens with zero attached hydrogens (tertiary/aromatic N) is 2. The van der Waals surface area contributed by atoms with Crippen LogP contribution in [-0.2, 0) is 9.53 Å². The van der Waals surface area contributed by atoms with Crippen molar-refractivity contribution < 1.29 is 9.53 Å². The number of amides is 1. The van der Waals surface area contributed by atoms with Crippen molar-refractivity contribution >= 4 is 39.7 Å². The van der Waals surface area contributed by atoms with Crippen molar-refractivity contribution in [3.63, 3.8) is 0 Å². The number of hydrogen-bond donors (Lipinski definition) is 1. The maximum absolute atomic E-state index is 12.8. The quantitative estimate of drug-likeness (QED) is 0.508. The van der Waals surface area contributed by atoms with Gasteiger partial charge in [0, 0.05) is 24.6 Å². The number of nitrogens with one attached hydrogen (secondary N) is 1. The van der Waals surface area contributed by atoms with Crippen molar-refractivity contribution in [2.45, 2.75) is 19.9 Å². The third kappa shape index (κ3) is 5.15. The molecule has 1 heterocycles. The van der Waals surface area contributed by atoms with E-state index in [-0.39, 0.29) is 5.91 Å². The zero-order valence-corrected chi connectivity index (χ0v) is 18.3. The Balaban J connectivity index is 1.94. The topological polar surface area (TPSA) is 54.5 Å². The van der Waals surface area contributed by atoms with Gasteiger partial charge >= 0.3 is 0 Å². The highest BCUT2D eigenvalue weighted by atomic mass is 35.5. The Hall–Kier alpha value is -2.41. The summed E-state index contributed by atoms with van der Waals surface area (Å²) in [6.07, 6.45) is 0. The minimum absolute atomic E-state index is 0.117. The van der Waals surface area contributed by atoms with Gasteiger partial charge in [-0.1, -0.05) is 53.6 Å². The van der Waals surface area contributed by atoms with Crippen LogP contribution in [0.15, 0.2) is 53.9 Å².